The fraction of sp³-hybridized carbons (Fsp3) is 0.400. The summed E-state index contributed by atoms with van der Waals surface area (Å²) in [5.74, 6) is 1.07. The minimum Gasteiger partial charge on any atom is -0.287 e. The Kier molecular flexibility index (Phi) is 2.10. The average Bonchev–Trinajstić information content (AvgIpc) is 2.59. The molecule has 0 atom stereocenters. The molecule has 0 spiro atoms. The van der Waals surface area contributed by atoms with Crippen molar-refractivity contribution in [2.75, 3.05) is 5.75 Å². The van der Waals surface area contributed by atoms with Crippen molar-refractivity contribution in [2.45, 2.75) is 25.0 Å². The molecule has 0 amide bonds. The van der Waals surface area contributed by atoms with Crippen molar-refractivity contribution in [2.24, 2.45) is 0 Å². The molecule has 0 unspecified atom stereocenters. The summed E-state index contributed by atoms with van der Waals surface area (Å²) in [5.41, 5.74) is 0.131. The van der Waals surface area contributed by atoms with E-state index in [0.717, 1.165) is 39.0 Å². The van der Waals surface area contributed by atoms with E-state index in [9.17, 15) is 4.79 Å². The largest absolute Gasteiger partial charge is 0.287 e. The van der Waals surface area contributed by atoms with Crippen LogP contribution in [-0.4, -0.2) is 15.3 Å². The second-order valence-electron chi connectivity index (χ2n) is 3.63. The third-order valence-corrected chi connectivity index (χ3v) is 4.50. The van der Waals surface area contributed by atoms with Crippen LogP contribution < -0.4 is 5.56 Å². The number of rotatable bonds is 0. The van der Waals surface area contributed by atoms with Gasteiger partial charge in [-0.2, -0.15) is 0 Å². The maximum absolute atomic E-state index is 12.1. The second kappa shape index (κ2) is 3.35. The molecule has 0 N–H and O–H groups in total. The highest BCUT2D eigenvalue weighted by atomic mass is 32.2. The summed E-state index contributed by atoms with van der Waals surface area (Å²) in [6, 6.07) is 1.95. The Balaban J connectivity index is 2.40. The summed E-state index contributed by atoms with van der Waals surface area (Å²) in [7, 11) is 0. The predicted molar refractivity (Wildman–Crippen MR) is 64.0 cm³/mol. The monoisotopic (exact) mass is 238 g/mol. The normalized spacial score (nSPS) is 15.5. The van der Waals surface area contributed by atoms with Crippen LogP contribution in [0.2, 0.25) is 0 Å². The lowest BCUT2D eigenvalue weighted by atomic mass is 10.3. The number of hydrogen-bond donors (Lipinski definition) is 0. The molecule has 1 aliphatic rings. The molecule has 3 rings (SSSR count). The van der Waals surface area contributed by atoms with E-state index in [2.05, 4.69) is 4.98 Å². The molecule has 0 bridgehead atoms. The quantitative estimate of drug-likeness (QED) is 0.660. The number of hydrogen-bond acceptors (Lipinski definition) is 4. The van der Waals surface area contributed by atoms with Crippen LogP contribution in [0.25, 0.3) is 10.2 Å². The summed E-state index contributed by atoms with van der Waals surface area (Å²) < 4.78 is 1.81. The van der Waals surface area contributed by atoms with Crippen LogP contribution in [0.3, 0.4) is 0 Å². The van der Waals surface area contributed by atoms with E-state index in [1.165, 1.54) is 0 Å². The first-order valence-corrected chi connectivity index (χ1v) is 6.70. The van der Waals surface area contributed by atoms with Gasteiger partial charge in [-0.15, -0.1) is 11.3 Å². The molecule has 15 heavy (non-hydrogen) atoms. The van der Waals surface area contributed by atoms with E-state index in [1.54, 1.807) is 23.1 Å². The van der Waals surface area contributed by atoms with Crippen molar-refractivity contribution in [1.29, 1.82) is 0 Å². The Bertz CT molecular complexity index is 585. The van der Waals surface area contributed by atoms with Crippen LogP contribution in [0.15, 0.2) is 16.0 Å². The van der Waals surface area contributed by atoms with E-state index < -0.39 is 0 Å². The summed E-state index contributed by atoms with van der Waals surface area (Å²) in [5, 5.41) is 1.67. The van der Waals surface area contributed by atoms with Gasteiger partial charge in [-0.1, -0.05) is 11.8 Å². The summed E-state index contributed by atoms with van der Waals surface area (Å²) in [6.45, 7) is 2.83. The molecule has 1 aliphatic heterocycles. The first-order valence-electron chi connectivity index (χ1n) is 4.89. The average molecular weight is 238 g/mol. The fourth-order valence-corrected chi connectivity index (χ4v) is 3.68. The second-order valence-corrected chi connectivity index (χ2v) is 5.93. The first kappa shape index (κ1) is 9.42. The molecule has 0 radical (unpaired) electrons. The van der Waals surface area contributed by atoms with E-state index in [-0.39, 0.29) is 5.56 Å². The lowest BCUT2D eigenvalue weighted by Crippen LogP contribution is -2.25. The third kappa shape index (κ3) is 1.41. The van der Waals surface area contributed by atoms with Gasteiger partial charge in [-0.25, -0.2) is 4.98 Å². The number of fused-ring (bicyclic) bond motifs is 2. The van der Waals surface area contributed by atoms with Gasteiger partial charge < -0.3 is 0 Å². The first-order chi connectivity index (χ1) is 7.25. The Morgan fingerprint density at radius 1 is 1.53 bits per heavy atom. The highest BCUT2D eigenvalue weighted by Gasteiger charge is 2.16. The van der Waals surface area contributed by atoms with E-state index in [0.29, 0.717) is 0 Å². The zero-order valence-electron chi connectivity index (χ0n) is 8.32. The number of thioether (sulfide) groups is 1. The fourth-order valence-electron chi connectivity index (χ4n) is 1.81. The number of aromatic nitrogens is 2. The third-order valence-electron chi connectivity index (χ3n) is 2.50. The lowest BCUT2D eigenvalue weighted by Gasteiger charge is -2.15. The van der Waals surface area contributed by atoms with E-state index >= 15 is 0 Å². The van der Waals surface area contributed by atoms with Crippen molar-refractivity contribution < 1.29 is 0 Å². The van der Waals surface area contributed by atoms with Crippen molar-refractivity contribution in [3.8, 4) is 0 Å². The molecule has 2 aromatic rings. The van der Waals surface area contributed by atoms with Crippen LogP contribution in [0.5, 0.6) is 0 Å². The van der Waals surface area contributed by atoms with Gasteiger partial charge in [0.15, 0.2) is 5.16 Å². The molecule has 0 fully saturated rings. The van der Waals surface area contributed by atoms with Crippen molar-refractivity contribution >= 4 is 33.3 Å². The highest BCUT2D eigenvalue weighted by molar-refractivity contribution is 7.99. The van der Waals surface area contributed by atoms with Gasteiger partial charge in [0.1, 0.15) is 4.83 Å². The van der Waals surface area contributed by atoms with Crippen molar-refractivity contribution in [3.05, 3.63) is 21.3 Å². The Labute approximate surface area is 95.1 Å². The Morgan fingerprint density at radius 3 is 3.27 bits per heavy atom. The SMILES string of the molecule is Cc1cc2c(=O)n3c(nc2s1)SCCC3. The van der Waals surface area contributed by atoms with Gasteiger partial charge in [0, 0.05) is 17.2 Å². The Hall–Kier alpha value is -0.810. The van der Waals surface area contributed by atoms with Gasteiger partial charge in [0.05, 0.1) is 5.39 Å². The summed E-state index contributed by atoms with van der Waals surface area (Å²) in [4.78, 5) is 18.7. The van der Waals surface area contributed by atoms with Gasteiger partial charge >= 0.3 is 0 Å². The number of nitrogens with zero attached hydrogens (tertiary/aromatic N) is 2. The van der Waals surface area contributed by atoms with Crippen LogP contribution in [0.1, 0.15) is 11.3 Å². The number of aryl methyl sites for hydroxylation is 1. The molecule has 3 heterocycles. The predicted octanol–water partition coefficient (Wildman–Crippen LogP) is 2.26. The molecular weight excluding hydrogens is 228 g/mol. The molecule has 0 saturated heterocycles. The molecule has 0 saturated carbocycles. The van der Waals surface area contributed by atoms with Crippen LogP contribution in [0, 0.1) is 6.92 Å². The standard InChI is InChI=1S/C10H10N2OS2/c1-6-5-7-8(15-6)11-10-12(9(7)13)3-2-4-14-10/h5H,2-4H2,1H3. The zero-order valence-corrected chi connectivity index (χ0v) is 9.95. The highest BCUT2D eigenvalue weighted by Crippen LogP contribution is 2.26. The van der Waals surface area contributed by atoms with Gasteiger partial charge in [0.25, 0.3) is 5.56 Å². The van der Waals surface area contributed by atoms with E-state index in [4.69, 9.17) is 0 Å². The molecule has 0 aromatic carbocycles. The summed E-state index contributed by atoms with van der Waals surface area (Å²) >= 11 is 3.29. The van der Waals surface area contributed by atoms with Crippen LogP contribution in [0.4, 0.5) is 0 Å². The van der Waals surface area contributed by atoms with Crippen molar-refractivity contribution in [3.63, 3.8) is 0 Å². The molecule has 2 aromatic heterocycles. The van der Waals surface area contributed by atoms with E-state index in [1.807, 2.05) is 17.6 Å². The molecule has 3 nitrogen and oxygen atoms in total. The van der Waals surface area contributed by atoms with Crippen molar-refractivity contribution in [1.82, 2.24) is 9.55 Å². The van der Waals surface area contributed by atoms with Crippen LogP contribution in [-0.2, 0) is 6.54 Å². The summed E-state index contributed by atoms with van der Waals surface area (Å²) in [6.07, 6.45) is 1.06. The minimum atomic E-state index is 0.131. The van der Waals surface area contributed by atoms with Gasteiger partial charge in [0.2, 0.25) is 0 Å². The topological polar surface area (TPSA) is 34.9 Å². The molecular formula is C10H10N2OS2. The smallest absolute Gasteiger partial charge is 0.262 e. The zero-order chi connectivity index (χ0) is 10.4. The van der Waals surface area contributed by atoms with Gasteiger partial charge in [-0.3, -0.25) is 9.36 Å². The minimum absolute atomic E-state index is 0.131. The van der Waals surface area contributed by atoms with Gasteiger partial charge in [-0.05, 0) is 19.4 Å². The Morgan fingerprint density at radius 2 is 2.40 bits per heavy atom. The maximum Gasteiger partial charge on any atom is 0.262 e. The molecule has 78 valence electrons. The van der Waals surface area contributed by atoms with Crippen LogP contribution >= 0.6 is 23.1 Å². The maximum atomic E-state index is 12.1. The number of thiophene rings is 1. The molecule has 5 heteroatoms. The molecule has 0 aliphatic carbocycles. The lowest BCUT2D eigenvalue weighted by molar-refractivity contribution is 0.572.